The second-order valence-corrected chi connectivity index (χ2v) is 6.11. The minimum Gasteiger partial charge on any atom is -0.366 e. The minimum absolute atomic E-state index is 0.0792. The monoisotopic (exact) mass is 359 g/mol. The number of nitrogens with one attached hydrogen (secondary N) is 1. The van der Waals surface area contributed by atoms with Gasteiger partial charge in [-0.3, -0.25) is 14.5 Å². The van der Waals surface area contributed by atoms with Crippen LogP contribution in [0.5, 0.6) is 0 Å². The molecule has 3 N–H and O–H groups in total. The summed E-state index contributed by atoms with van der Waals surface area (Å²) in [6, 6.07) is 14.2. The zero-order valence-electron chi connectivity index (χ0n) is 14.2. The third-order valence-electron chi connectivity index (χ3n) is 3.91. The van der Waals surface area contributed by atoms with Gasteiger partial charge in [0.2, 0.25) is 11.8 Å². The molecule has 0 radical (unpaired) electrons. The van der Waals surface area contributed by atoms with Gasteiger partial charge in [0.15, 0.2) is 0 Å². The number of primary amides is 1. The summed E-state index contributed by atoms with van der Waals surface area (Å²) in [4.78, 5) is 25.3. The number of carbonyl (C=O) groups is 2. The molecule has 0 aliphatic heterocycles. The van der Waals surface area contributed by atoms with Crippen molar-refractivity contribution in [2.75, 3.05) is 18.4 Å². The van der Waals surface area contributed by atoms with Crippen molar-refractivity contribution < 1.29 is 9.59 Å². The van der Waals surface area contributed by atoms with Crippen LogP contribution in [-0.4, -0.2) is 29.8 Å². The molecule has 6 heteroatoms. The van der Waals surface area contributed by atoms with Gasteiger partial charge in [-0.2, -0.15) is 0 Å². The van der Waals surface area contributed by atoms with Crippen molar-refractivity contribution in [1.82, 2.24) is 4.90 Å². The molecule has 132 valence electrons. The van der Waals surface area contributed by atoms with Crippen LogP contribution in [0.4, 0.5) is 5.69 Å². The largest absolute Gasteiger partial charge is 0.366 e. The summed E-state index contributed by atoms with van der Waals surface area (Å²) in [6.45, 7) is 4.22. The lowest BCUT2D eigenvalue weighted by molar-refractivity contribution is -0.116. The molecule has 25 heavy (non-hydrogen) atoms. The van der Waals surface area contributed by atoms with Crippen molar-refractivity contribution >= 4 is 29.1 Å². The van der Waals surface area contributed by atoms with Crippen LogP contribution in [0.1, 0.15) is 29.3 Å². The van der Waals surface area contributed by atoms with E-state index in [1.807, 2.05) is 24.3 Å². The Balaban J connectivity index is 1.85. The predicted octanol–water partition coefficient (Wildman–Crippen LogP) is 3.29. The quantitative estimate of drug-likeness (QED) is 0.759. The number of benzene rings is 2. The first-order chi connectivity index (χ1) is 12.0. The Kier molecular flexibility index (Phi) is 6.98. The fourth-order valence-corrected chi connectivity index (χ4v) is 2.61. The number of nitrogens with two attached hydrogens (primary N) is 1. The molecule has 2 rings (SSSR count). The Morgan fingerprint density at radius 1 is 1.12 bits per heavy atom. The highest BCUT2D eigenvalue weighted by Crippen LogP contribution is 2.17. The second-order valence-electron chi connectivity index (χ2n) is 5.70. The van der Waals surface area contributed by atoms with Crippen LogP contribution >= 0.6 is 11.6 Å². The lowest BCUT2D eigenvalue weighted by Crippen LogP contribution is -2.27. The summed E-state index contributed by atoms with van der Waals surface area (Å²) in [6.07, 6.45) is 0.371. The molecule has 0 spiro atoms. The van der Waals surface area contributed by atoms with E-state index in [4.69, 9.17) is 17.3 Å². The molecule has 0 aliphatic rings. The van der Waals surface area contributed by atoms with Gasteiger partial charge in [-0.05, 0) is 42.4 Å². The van der Waals surface area contributed by atoms with E-state index in [0.717, 1.165) is 17.1 Å². The molecule has 0 aromatic heterocycles. The molecule has 0 atom stereocenters. The van der Waals surface area contributed by atoms with Crippen LogP contribution in [-0.2, 0) is 11.3 Å². The first-order valence-corrected chi connectivity index (χ1v) is 8.53. The van der Waals surface area contributed by atoms with Gasteiger partial charge in [-0.1, -0.05) is 36.7 Å². The number of amides is 2. The highest BCUT2D eigenvalue weighted by atomic mass is 35.5. The molecule has 0 aliphatic carbocycles. The molecule has 0 saturated carbocycles. The smallest absolute Gasteiger partial charge is 0.248 e. The normalized spacial score (nSPS) is 10.7. The molecule has 2 aromatic rings. The molecule has 0 unspecified atom stereocenters. The summed E-state index contributed by atoms with van der Waals surface area (Å²) in [5.74, 6) is -0.569. The summed E-state index contributed by atoms with van der Waals surface area (Å²) >= 11 is 6.19. The lowest BCUT2D eigenvalue weighted by Gasteiger charge is -2.20. The number of hydrogen-bond acceptors (Lipinski definition) is 3. The molecule has 0 fully saturated rings. The maximum atomic E-state index is 12.1. The van der Waals surface area contributed by atoms with Gasteiger partial charge in [0, 0.05) is 35.8 Å². The van der Waals surface area contributed by atoms with Crippen molar-refractivity contribution in [2.24, 2.45) is 5.73 Å². The van der Waals surface area contributed by atoms with Crippen molar-refractivity contribution in [3.8, 4) is 0 Å². The average molecular weight is 360 g/mol. The van der Waals surface area contributed by atoms with Crippen molar-refractivity contribution in [1.29, 1.82) is 0 Å². The van der Waals surface area contributed by atoms with E-state index in [9.17, 15) is 9.59 Å². The van der Waals surface area contributed by atoms with Gasteiger partial charge in [-0.25, -0.2) is 0 Å². The Morgan fingerprint density at radius 2 is 1.80 bits per heavy atom. The topological polar surface area (TPSA) is 75.4 Å². The van der Waals surface area contributed by atoms with E-state index in [2.05, 4.69) is 17.1 Å². The number of rotatable bonds is 8. The van der Waals surface area contributed by atoms with Crippen LogP contribution in [0.3, 0.4) is 0 Å². The van der Waals surface area contributed by atoms with E-state index >= 15 is 0 Å². The van der Waals surface area contributed by atoms with Gasteiger partial charge in [0.1, 0.15) is 0 Å². The van der Waals surface area contributed by atoms with Gasteiger partial charge in [-0.15, -0.1) is 0 Å². The summed E-state index contributed by atoms with van der Waals surface area (Å²) in [5, 5.41) is 3.56. The molecule has 0 saturated heterocycles. The van der Waals surface area contributed by atoms with Crippen LogP contribution in [0.15, 0.2) is 48.5 Å². The third-order valence-corrected chi connectivity index (χ3v) is 4.28. The number of carbonyl (C=O) groups excluding carboxylic acids is 2. The Bertz CT molecular complexity index is 732. The number of nitrogens with zero attached hydrogens (tertiary/aromatic N) is 1. The lowest BCUT2D eigenvalue weighted by atomic mass is 10.2. The highest BCUT2D eigenvalue weighted by molar-refractivity contribution is 6.31. The fourth-order valence-electron chi connectivity index (χ4n) is 2.42. The maximum absolute atomic E-state index is 12.1. The SMILES string of the molecule is CCN(CCC(=O)Nc1ccc(C(N)=O)cc1)Cc1ccccc1Cl. The molecule has 5 nitrogen and oxygen atoms in total. The van der Waals surface area contributed by atoms with Crippen molar-refractivity contribution in [3.63, 3.8) is 0 Å². The minimum atomic E-state index is -0.490. The Hall–Kier alpha value is -2.37. The zero-order chi connectivity index (χ0) is 18.2. The van der Waals surface area contributed by atoms with Crippen LogP contribution in [0.25, 0.3) is 0 Å². The summed E-state index contributed by atoms with van der Waals surface area (Å²) < 4.78 is 0. The van der Waals surface area contributed by atoms with E-state index in [0.29, 0.717) is 30.8 Å². The molecular weight excluding hydrogens is 338 g/mol. The first-order valence-electron chi connectivity index (χ1n) is 8.15. The van der Waals surface area contributed by atoms with E-state index < -0.39 is 5.91 Å². The third kappa shape index (κ3) is 5.89. The van der Waals surface area contributed by atoms with Crippen LogP contribution in [0, 0.1) is 0 Å². The van der Waals surface area contributed by atoms with Gasteiger partial charge in [0.05, 0.1) is 0 Å². The zero-order valence-corrected chi connectivity index (χ0v) is 14.9. The van der Waals surface area contributed by atoms with Crippen LogP contribution in [0.2, 0.25) is 5.02 Å². The molecule has 0 heterocycles. The van der Waals surface area contributed by atoms with E-state index in [1.165, 1.54) is 0 Å². The number of halogens is 1. The van der Waals surface area contributed by atoms with Crippen molar-refractivity contribution in [2.45, 2.75) is 19.9 Å². The Morgan fingerprint density at radius 3 is 2.40 bits per heavy atom. The van der Waals surface area contributed by atoms with E-state index in [-0.39, 0.29) is 5.91 Å². The highest BCUT2D eigenvalue weighted by Gasteiger charge is 2.10. The molecule has 0 bridgehead atoms. The fraction of sp³-hybridized carbons (Fsp3) is 0.263. The van der Waals surface area contributed by atoms with E-state index in [1.54, 1.807) is 24.3 Å². The van der Waals surface area contributed by atoms with Crippen LogP contribution < -0.4 is 11.1 Å². The summed E-state index contributed by atoms with van der Waals surface area (Å²) in [7, 11) is 0. The molecular formula is C19H22ClN3O2. The maximum Gasteiger partial charge on any atom is 0.248 e. The van der Waals surface area contributed by atoms with Gasteiger partial charge >= 0.3 is 0 Å². The molecule has 2 aromatic carbocycles. The van der Waals surface area contributed by atoms with Gasteiger partial charge in [0.25, 0.3) is 0 Å². The molecule has 2 amide bonds. The number of hydrogen-bond donors (Lipinski definition) is 2. The predicted molar refractivity (Wildman–Crippen MR) is 101 cm³/mol. The number of anilines is 1. The second kappa shape index (κ2) is 9.20. The average Bonchev–Trinajstić information content (AvgIpc) is 2.60. The summed E-state index contributed by atoms with van der Waals surface area (Å²) in [5.41, 5.74) is 7.30. The Labute approximate surface area is 152 Å². The first kappa shape index (κ1) is 19.0. The van der Waals surface area contributed by atoms with Gasteiger partial charge < -0.3 is 11.1 Å². The van der Waals surface area contributed by atoms with Crippen molar-refractivity contribution in [3.05, 3.63) is 64.7 Å². The standard InChI is InChI=1S/C19H22ClN3O2/c1-2-23(13-15-5-3-4-6-17(15)20)12-11-18(24)22-16-9-7-14(8-10-16)19(21)25/h3-10H,2,11-13H2,1H3,(H2,21,25)(H,22,24).